The summed E-state index contributed by atoms with van der Waals surface area (Å²) in [5.74, 6) is 0.780. The van der Waals surface area contributed by atoms with Gasteiger partial charge < -0.3 is 4.74 Å². The van der Waals surface area contributed by atoms with Crippen molar-refractivity contribution in [3.63, 3.8) is 0 Å². The second-order valence-electron chi connectivity index (χ2n) is 3.20. The Morgan fingerprint density at radius 2 is 1.94 bits per heavy atom. The van der Waals surface area contributed by atoms with Crippen LogP contribution in [0.2, 0.25) is 10.2 Å². The Bertz CT molecular complexity index is 514. The van der Waals surface area contributed by atoms with E-state index in [1.165, 1.54) is 0 Å². The van der Waals surface area contributed by atoms with Crippen LogP contribution in [0.1, 0.15) is 0 Å². The molecular weight excluding hydrogens is 245 g/mol. The summed E-state index contributed by atoms with van der Waals surface area (Å²) in [6.07, 6.45) is 1.67. The van der Waals surface area contributed by atoms with Gasteiger partial charge in [0.1, 0.15) is 10.9 Å². The zero-order chi connectivity index (χ0) is 11.5. The minimum absolute atomic E-state index is 0.306. The summed E-state index contributed by atoms with van der Waals surface area (Å²) in [7, 11) is 1.63. The fraction of sp³-hybridized carbons (Fsp3) is 0.0833. The van der Waals surface area contributed by atoms with Gasteiger partial charge in [-0.25, -0.2) is 4.98 Å². The van der Waals surface area contributed by atoms with E-state index in [0.717, 1.165) is 16.9 Å². The summed E-state index contributed by atoms with van der Waals surface area (Å²) in [4.78, 5) is 4.01. The molecule has 0 unspecified atom stereocenters. The highest BCUT2D eigenvalue weighted by atomic mass is 35.5. The molecule has 0 atom stereocenters. The number of pyridine rings is 1. The predicted octanol–water partition coefficient (Wildman–Crippen LogP) is 4.06. The number of hydrogen-bond acceptors (Lipinski definition) is 2. The Hall–Kier alpha value is -1.25. The zero-order valence-electron chi connectivity index (χ0n) is 8.58. The second kappa shape index (κ2) is 4.73. The lowest BCUT2D eigenvalue weighted by molar-refractivity contribution is 0.416. The fourth-order valence-electron chi connectivity index (χ4n) is 1.45. The van der Waals surface area contributed by atoms with Crippen molar-refractivity contribution in [3.8, 4) is 16.9 Å². The summed E-state index contributed by atoms with van der Waals surface area (Å²) in [5.41, 5.74) is 1.82. The van der Waals surface area contributed by atoms with Gasteiger partial charge in [0.15, 0.2) is 0 Å². The monoisotopic (exact) mass is 253 g/mol. The first-order valence-electron chi connectivity index (χ1n) is 4.67. The van der Waals surface area contributed by atoms with Crippen LogP contribution in [0.3, 0.4) is 0 Å². The van der Waals surface area contributed by atoms with Crippen molar-refractivity contribution < 1.29 is 4.74 Å². The predicted molar refractivity (Wildman–Crippen MR) is 66.2 cm³/mol. The number of hydrogen-bond donors (Lipinski definition) is 0. The summed E-state index contributed by atoms with van der Waals surface area (Å²) in [5, 5.41) is 0.741. The molecule has 0 aliphatic heterocycles. The third-order valence-corrected chi connectivity index (χ3v) is 2.90. The average molecular weight is 254 g/mol. The molecule has 2 rings (SSSR count). The van der Waals surface area contributed by atoms with Gasteiger partial charge in [-0.3, -0.25) is 0 Å². The van der Waals surface area contributed by atoms with Gasteiger partial charge in [-0.15, -0.1) is 0 Å². The van der Waals surface area contributed by atoms with E-state index >= 15 is 0 Å². The van der Waals surface area contributed by atoms with Crippen LogP contribution >= 0.6 is 23.2 Å². The molecule has 0 fully saturated rings. The molecule has 0 bridgehead atoms. The van der Waals surface area contributed by atoms with Crippen molar-refractivity contribution in [1.29, 1.82) is 0 Å². The molecule has 82 valence electrons. The highest BCUT2D eigenvalue weighted by Gasteiger charge is 2.07. The van der Waals surface area contributed by atoms with E-state index in [0.29, 0.717) is 10.2 Å². The normalized spacial score (nSPS) is 10.2. The largest absolute Gasteiger partial charge is 0.496 e. The molecule has 1 aromatic heterocycles. The van der Waals surface area contributed by atoms with Crippen LogP contribution in [-0.4, -0.2) is 12.1 Å². The molecule has 0 N–H and O–H groups in total. The Balaban J connectivity index is 2.54. The van der Waals surface area contributed by atoms with Crippen molar-refractivity contribution in [3.05, 3.63) is 46.7 Å². The quantitative estimate of drug-likeness (QED) is 0.754. The molecule has 0 spiro atoms. The molecular formula is C12H9Cl2NO. The van der Waals surface area contributed by atoms with Crippen molar-refractivity contribution in [2.75, 3.05) is 7.11 Å². The maximum atomic E-state index is 5.92. The van der Waals surface area contributed by atoms with Crippen LogP contribution in [0.5, 0.6) is 5.75 Å². The van der Waals surface area contributed by atoms with Crippen LogP contribution in [-0.2, 0) is 0 Å². The average Bonchev–Trinajstić information content (AvgIpc) is 2.32. The van der Waals surface area contributed by atoms with E-state index in [1.54, 1.807) is 19.4 Å². The number of rotatable bonds is 2. The molecule has 0 saturated heterocycles. The first kappa shape index (κ1) is 11.2. The lowest BCUT2D eigenvalue weighted by Gasteiger charge is -2.08. The zero-order valence-corrected chi connectivity index (χ0v) is 10.1. The SMILES string of the molecule is COc1ccccc1-c1cnc(Cl)c(Cl)c1. The van der Waals surface area contributed by atoms with Gasteiger partial charge >= 0.3 is 0 Å². The summed E-state index contributed by atoms with van der Waals surface area (Å²) >= 11 is 11.7. The smallest absolute Gasteiger partial charge is 0.147 e. The van der Waals surface area contributed by atoms with Gasteiger partial charge in [0.05, 0.1) is 12.1 Å². The van der Waals surface area contributed by atoms with Crippen LogP contribution in [0.4, 0.5) is 0 Å². The van der Waals surface area contributed by atoms with Gasteiger partial charge in [-0.05, 0) is 12.1 Å². The molecule has 1 heterocycles. The number of ether oxygens (including phenoxy) is 1. The molecule has 0 amide bonds. The third-order valence-electron chi connectivity index (χ3n) is 2.21. The Labute approximate surface area is 104 Å². The molecule has 0 saturated carbocycles. The number of benzene rings is 1. The van der Waals surface area contributed by atoms with E-state index in [-0.39, 0.29) is 0 Å². The Morgan fingerprint density at radius 3 is 2.62 bits per heavy atom. The van der Waals surface area contributed by atoms with Gasteiger partial charge in [0.2, 0.25) is 0 Å². The van der Waals surface area contributed by atoms with Gasteiger partial charge in [0, 0.05) is 17.3 Å². The van der Waals surface area contributed by atoms with Crippen molar-refractivity contribution in [2.45, 2.75) is 0 Å². The lowest BCUT2D eigenvalue weighted by Crippen LogP contribution is -1.88. The summed E-state index contributed by atoms with van der Waals surface area (Å²) < 4.78 is 5.27. The van der Waals surface area contributed by atoms with Gasteiger partial charge in [-0.2, -0.15) is 0 Å². The molecule has 2 nitrogen and oxygen atoms in total. The minimum atomic E-state index is 0.306. The van der Waals surface area contributed by atoms with Crippen molar-refractivity contribution >= 4 is 23.2 Å². The third kappa shape index (κ3) is 2.13. The Morgan fingerprint density at radius 1 is 1.19 bits per heavy atom. The fourth-order valence-corrected chi connectivity index (χ4v) is 1.72. The van der Waals surface area contributed by atoms with E-state index in [1.807, 2.05) is 24.3 Å². The second-order valence-corrected chi connectivity index (χ2v) is 3.96. The maximum Gasteiger partial charge on any atom is 0.147 e. The molecule has 16 heavy (non-hydrogen) atoms. The molecule has 0 radical (unpaired) electrons. The van der Waals surface area contributed by atoms with Gasteiger partial charge in [0.25, 0.3) is 0 Å². The standard InChI is InChI=1S/C12H9Cl2NO/c1-16-11-5-3-2-4-9(11)8-6-10(13)12(14)15-7-8/h2-7H,1H3. The van der Waals surface area contributed by atoms with E-state index in [4.69, 9.17) is 27.9 Å². The number of nitrogens with zero attached hydrogens (tertiary/aromatic N) is 1. The molecule has 0 aliphatic rings. The molecule has 4 heteroatoms. The highest BCUT2D eigenvalue weighted by Crippen LogP contribution is 2.32. The van der Waals surface area contributed by atoms with Crippen LogP contribution in [0, 0.1) is 0 Å². The van der Waals surface area contributed by atoms with Crippen molar-refractivity contribution in [2.24, 2.45) is 0 Å². The van der Waals surface area contributed by atoms with Crippen LogP contribution in [0.15, 0.2) is 36.5 Å². The number of methoxy groups -OCH3 is 1. The highest BCUT2D eigenvalue weighted by molar-refractivity contribution is 6.41. The van der Waals surface area contributed by atoms with Crippen LogP contribution < -0.4 is 4.74 Å². The first-order valence-corrected chi connectivity index (χ1v) is 5.42. The lowest BCUT2D eigenvalue weighted by atomic mass is 10.1. The van der Waals surface area contributed by atoms with Crippen LogP contribution in [0.25, 0.3) is 11.1 Å². The Kier molecular flexibility index (Phi) is 3.32. The minimum Gasteiger partial charge on any atom is -0.496 e. The number of halogens is 2. The topological polar surface area (TPSA) is 22.1 Å². The molecule has 0 aliphatic carbocycles. The summed E-state index contributed by atoms with van der Waals surface area (Å²) in [6, 6.07) is 9.44. The first-order chi connectivity index (χ1) is 7.72. The molecule has 2 aromatic rings. The van der Waals surface area contributed by atoms with Crippen molar-refractivity contribution in [1.82, 2.24) is 4.98 Å². The number of para-hydroxylation sites is 1. The van der Waals surface area contributed by atoms with E-state index in [9.17, 15) is 0 Å². The van der Waals surface area contributed by atoms with E-state index < -0.39 is 0 Å². The van der Waals surface area contributed by atoms with E-state index in [2.05, 4.69) is 4.98 Å². The molecule has 1 aromatic carbocycles. The summed E-state index contributed by atoms with van der Waals surface area (Å²) in [6.45, 7) is 0. The van der Waals surface area contributed by atoms with Gasteiger partial charge in [-0.1, -0.05) is 41.4 Å². The number of aromatic nitrogens is 1. The maximum absolute atomic E-state index is 5.92.